The summed E-state index contributed by atoms with van der Waals surface area (Å²) in [6, 6.07) is 1.12. The maximum Gasteiger partial charge on any atom is 0.305 e. The Labute approximate surface area is 180 Å². The lowest BCUT2D eigenvalue weighted by molar-refractivity contribution is -0.915. The number of hydrogen-bond donors (Lipinski definition) is 4. The number of aliphatic hydroxyl groups excluding tert-OH is 2. The van der Waals surface area contributed by atoms with Crippen molar-refractivity contribution < 1.29 is 25.0 Å². The molecule has 7 nitrogen and oxygen atoms in total. The number of hydrogen-bond acceptors (Lipinski definition) is 5. The van der Waals surface area contributed by atoms with Gasteiger partial charge in [-0.1, -0.05) is 38.2 Å². The number of nitrogens with zero attached hydrogens (tertiary/aromatic N) is 2. The summed E-state index contributed by atoms with van der Waals surface area (Å²) in [5, 5.41) is 28.8. The van der Waals surface area contributed by atoms with Crippen LogP contribution in [0.15, 0.2) is 17.3 Å². The van der Waals surface area contributed by atoms with Gasteiger partial charge in [-0.3, -0.25) is 4.79 Å². The van der Waals surface area contributed by atoms with Gasteiger partial charge in [-0.25, -0.2) is 4.99 Å². The van der Waals surface area contributed by atoms with Crippen LogP contribution in [0.4, 0.5) is 0 Å². The summed E-state index contributed by atoms with van der Waals surface area (Å²) >= 11 is 0. The van der Waals surface area contributed by atoms with E-state index in [9.17, 15) is 15.0 Å². The molecule has 0 amide bonds. The summed E-state index contributed by atoms with van der Waals surface area (Å²) in [5.41, 5.74) is 0. The minimum absolute atomic E-state index is 0.145. The van der Waals surface area contributed by atoms with Gasteiger partial charge in [0, 0.05) is 6.42 Å². The molecule has 0 bridgehead atoms. The Hall–Kier alpha value is -1.44. The second kappa shape index (κ2) is 11.3. The van der Waals surface area contributed by atoms with Crippen molar-refractivity contribution >= 4 is 12.2 Å². The summed E-state index contributed by atoms with van der Waals surface area (Å²) in [6.07, 6.45) is 14.8. The molecule has 1 fully saturated rings. The lowest BCUT2D eigenvalue weighted by atomic mass is 9.80. The molecule has 0 aromatic rings. The van der Waals surface area contributed by atoms with Gasteiger partial charge in [0.25, 0.3) is 0 Å². The molecule has 7 heteroatoms. The maximum atomic E-state index is 10.6. The number of piperidine rings is 1. The van der Waals surface area contributed by atoms with E-state index in [0.717, 1.165) is 38.9 Å². The minimum atomic E-state index is -0.926. The number of rotatable bonds is 11. The molecule has 0 aromatic heterocycles. The quantitative estimate of drug-likeness (QED) is 0.375. The zero-order valence-electron chi connectivity index (χ0n) is 18.3. The average Bonchev–Trinajstić information content (AvgIpc) is 3.24. The van der Waals surface area contributed by atoms with Crippen molar-refractivity contribution in [3.63, 3.8) is 0 Å². The standard InChI is InChI=1S/C23H39N3O4/c1-17-22(28)15-20(25-12-10-24-16-25)21-13-18(9-11-26(17)21)7-5-3-2-4-6-8-19(27)14-23(29)30/h9-11,17-22,27-28H,2-8,12-16H2,1H3,(H,29,30)/p+1/t17-,18+,19+,20-,21+,22+/m0/s1. The number of carboxylic acid groups (broad SMARTS) is 1. The molecule has 4 N–H and O–H groups in total. The highest BCUT2D eigenvalue weighted by Crippen LogP contribution is 2.33. The fourth-order valence-electron chi connectivity index (χ4n) is 5.43. The van der Waals surface area contributed by atoms with E-state index in [4.69, 9.17) is 5.11 Å². The summed E-state index contributed by atoms with van der Waals surface area (Å²) in [7, 11) is 0. The summed E-state index contributed by atoms with van der Waals surface area (Å²) in [5.74, 6) is -0.318. The summed E-state index contributed by atoms with van der Waals surface area (Å²) in [4.78, 5) is 18.9. The molecule has 3 rings (SSSR count). The third kappa shape index (κ3) is 6.28. The van der Waals surface area contributed by atoms with Crippen molar-refractivity contribution in [2.75, 3.05) is 13.2 Å². The van der Waals surface area contributed by atoms with E-state index >= 15 is 0 Å². The van der Waals surface area contributed by atoms with Crippen LogP contribution in [0.2, 0.25) is 0 Å². The number of quaternary nitrogens is 1. The molecular formula is C23H40N3O4+. The third-order valence-corrected chi connectivity index (χ3v) is 7.27. The van der Waals surface area contributed by atoms with Crippen LogP contribution in [0.5, 0.6) is 0 Å². The number of nitrogens with one attached hydrogen (secondary N) is 1. The first-order valence-electron chi connectivity index (χ1n) is 11.8. The Balaban J connectivity index is 1.38. The highest BCUT2D eigenvalue weighted by molar-refractivity contribution is 5.67. The summed E-state index contributed by atoms with van der Waals surface area (Å²) in [6.45, 7) is 3.96. The molecule has 1 saturated heterocycles. The first-order chi connectivity index (χ1) is 14.5. The number of allylic oxidation sites excluding steroid dienone is 1. The van der Waals surface area contributed by atoms with Crippen molar-refractivity contribution in [2.45, 2.75) is 101 Å². The number of carbonyl (C=O) groups is 1. The van der Waals surface area contributed by atoms with E-state index in [2.05, 4.69) is 29.1 Å². The van der Waals surface area contributed by atoms with E-state index in [1.165, 1.54) is 30.6 Å². The van der Waals surface area contributed by atoms with Gasteiger partial charge >= 0.3 is 5.97 Å². The van der Waals surface area contributed by atoms with Crippen molar-refractivity contribution in [2.24, 2.45) is 10.9 Å². The molecule has 30 heavy (non-hydrogen) atoms. The van der Waals surface area contributed by atoms with Gasteiger partial charge in [-0.05, 0) is 38.3 Å². The first kappa shape index (κ1) is 23.2. The van der Waals surface area contributed by atoms with Crippen LogP contribution >= 0.6 is 0 Å². The highest BCUT2D eigenvalue weighted by atomic mass is 16.4. The number of unbranched alkanes of at least 4 members (excludes halogenated alkanes) is 4. The average molecular weight is 423 g/mol. The molecule has 3 aliphatic heterocycles. The molecule has 0 aliphatic carbocycles. The molecule has 0 aromatic carbocycles. The molecule has 3 heterocycles. The topological polar surface area (TPSA) is 97.8 Å². The van der Waals surface area contributed by atoms with E-state index in [1.54, 1.807) is 0 Å². The van der Waals surface area contributed by atoms with Crippen LogP contribution in [0.1, 0.15) is 71.1 Å². The van der Waals surface area contributed by atoms with Crippen molar-refractivity contribution in [1.82, 2.24) is 4.90 Å². The first-order valence-corrected chi connectivity index (χ1v) is 11.8. The molecule has 0 radical (unpaired) electrons. The van der Waals surface area contributed by atoms with Gasteiger partial charge in [0.05, 0.1) is 36.9 Å². The van der Waals surface area contributed by atoms with Crippen molar-refractivity contribution in [3.05, 3.63) is 12.3 Å². The molecule has 1 unspecified atom stereocenters. The van der Waals surface area contributed by atoms with Crippen molar-refractivity contribution in [3.8, 4) is 0 Å². The predicted molar refractivity (Wildman–Crippen MR) is 117 cm³/mol. The highest BCUT2D eigenvalue weighted by Gasteiger charge is 2.46. The van der Waals surface area contributed by atoms with Crippen LogP contribution in [0.3, 0.4) is 0 Å². The Morgan fingerprint density at radius 1 is 1.23 bits per heavy atom. The Morgan fingerprint density at radius 2 is 2.00 bits per heavy atom. The SMILES string of the molecule is C[C@H]1[C@H](O)C[C@H]([NH+]2CC=NC2)[C@H]2C[C@H](CCCCCCC[C@@H](O)CC(=O)O)C=CN21. The fourth-order valence-corrected chi connectivity index (χ4v) is 5.43. The Kier molecular flexibility index (Phi) is 8.72. The van der Waals surface area contributed by atoms with Gasteiger partial charge in [0.1, 0.15) is 12.6 Å². The van der Waals surface area contributed by atoms with Crippen LogP contribution in [0.25, 0.3) is 0 Å². The van der Waals surface area contributed by atoms with E-state index in [-0.39, 0.29) is 18.6 Å². The number of aliphatic carboxylic acids is 1. The van der Waals surface area contributed by atoms with E-state index in [1.807, 2.05) is 6.21 Å². The van der Waals surface area contributed by atoms with Gasteiger partial charge < -0.3 is 25.1 Å². The number of fused-ring (bicyclic) bond motifs is 1. The monoisotopic (exact) mass is 422 g/mol. The smallest absolute Gasteiger partial charge is 0.305 e. The minimum Gasteiger partial charge on any atom is -0.481 e. The molecule has 0 saturated carbocycles. The zero-order chi connectivity index (χ0) is 21.5. The Morgan fingerprint density at radius 3 is 2.73 bits per heavy atom. The van der Waals surface area contributed by atoms with Gasteiger partial charge in [0.15, 0.2) is 6.67 Å². The normalized spacial score (nSPS) is 34.2. The predicted octanol–water partition coefficient (Wildman–Crippen LogP) is 1.21. The second-order valence-corrected chi connectivity index (χ2v) is 9.48. The van der Waals surface area contributed by atoms with Gasteiger partial charge in [0.2, 0.25) is 0 Å². The molecular weight excluding hydrogens is 382 g/mol. The maximum absolute atomic E-state index is 10.6. The third-order valence-electron chi connectivity index (χ3n) is 7.27. The Bertz CT molecular complexity index is 603. The largest absolute Gasteiger partial charge is 0.481 e. The van der Waals surface area contributed by atoms with Crippen LogP contribution < -0.4 is 4.90 Å². The van der Waals surface area contributed by atoms with Crippen LogP contribution in [-0.4, -0.2) is 76.0 Å². The molecule has 3 aliphatic rings. The number of carboxylic acids is 1. The molecule has 7 atom stereocenters. The molecule has 0 spiro atoms. The van der Waals surface area contributed by atoms with Crippen LogP contribution in [0, 0.1) is 5.92 Å². The molecule has 170 valence electrons. The van der Waals surface area contributed by atoms with E-state index in [0.29, 0.717) is 24.4 Å². The second-order valence-electron chi connectivity index (χ2n) is 9.48. The van der Waals surface area contributed by atoms with E-state index < -0.39 is 12.1 Å². The summed E-state index contributed by atoms with van der Waals surface area (Å²) < 4.78 is 0. The van der Waals surface area contributed by atoms with Gasteiger partial charge in [-0.2, -0.15) is 0 Å². The number of aliphatic imine (C=N–C) groups is 1. The van der Waals surface area contributed by atoms with Crippen LogP contribution in [-0.2, 0) is 4.79 Å². The lowest BCUT2D eigenvalue weighted by Crippen LogP contribution is -3.16. The zero-order valence-corrected chi connectivity index (χ0v) is 18.3. The van der Waals surface area contributed by atoms with Crippen molar-refractivity contribution in [1.29, 1.82) is 0 Å². The van der Waals surface area contributed by atoms with Gasteiger partial charge in [-0.15, -0.1) is 0 Å². The fraction of sp³-hybridized carbons (Fsp3) is 0.826. The number of aliphatic hydroxyl groups is 2. The lowest BCUT2D eigenvalue weighted by Gasteiger charge is -2.50.